The van der Waals surface area contributed by atoms with Crippen molar-refractivity contribution in [3.8, 4) is 0 Å². The minimum absolute atomic E-state index is 0.153. The van der Waals surface area contributed by atoms with E-state index in [0.717, 1.165) is 13.8 Å². The third-order valence-corrected chi connectivity index (χ3v) is 6.42. The van der Waals surface area contributed by atoms with Crippen LogP contribution in [0.1, 0.15) is 13.8 Å². The maximum absolute atomic E-state index is 11.6. The maximum Gasteiger partial charge on any atom is 0.217 e. The summed E-state index contributed by atoms with van der Waals surface area (Å²) in [6.07, 6.45) is -20.9. The van der Waals surface area contributed by atoms with Crippen molar-refractivity contribution in [1.29, 1.82) is 0 Å². The molecule has 14 atom stereocenters. The van der Waals surface area contributed by atoms with Crippen molar-refractivity contribution in [3.05, 3.63) is 0 Å². The molecule has 2 heterocycles. The summed E-state index contributed by atoms with van der Waals surface area (Å²) in [5, 5.41) is 95.3. The van der Waals surface area contributed by atoms with E-state index in [1.54, 1.807) is 0 Å². The number of hydrogen-bond donors (Lipinski definition) is 11. The molecule has 0 spiro atoms. The van der Waals surface area contributed by atoms with Crippen LogP contribution in [-0.2, 0) is 33.3 Å². The second-order valence-corrected chi connectivity index (χ2v) is 9.48. The number of aliphatic hydroxyl groups excluding tert-OH is 9. The Morgan fingerprint density at radius 3 is 2.00 bits per heavy atom. The minimum Gasteiger partial charge on any atom is -0.394 e. The lowest BCUT2D eigenvalue weighted by Crippen LogP contribution is -2.65. The SMILES string of the molecule is CC(=O)N[C@H]1[C@H](OC[C@H]2O[C@@H](O[C@@H]([C@H](O)[C@H](O)CO)[C@H](C=O)NC(C)=O)[C@H](O)[C@@H](O)[C@H]2O)O[C@H](CO)[C@@H](O)[C@@H]1O. The number of aliphatic hydroxyl groups is 9. The fourth-order valence-corrected chi connectivity index (χ4v) is 4.26. The van der Waals surface area contributed by atoms with Gasteiger partial charge in [-0.1, -0.05) is 0 Å². The van der Waals surface area contributed by atoms with Gasteiger partial charge in [-0.05, 0) is 0 Å². The predicted octanol–water partition coefficient (Wildman–Crippen LogP) is -7.44. The lowest BCUT2D eigenvalue weighted by molar-refractivity contribution is -0.333. The summed E-state index contributed by atoms with van der Waals surface area (Å²) in [7, 11) is 0. The highest BCUT2D eigenvalue weighted by Gasteiger charge is 2.49. The van der Waals surface area contributed by atoms with Gasteiger partial charge in [-0.15, -0.1) is 0 Å². The zero-order valence-electron chi connectivity index (χ0n) is 21.7. The van der Waals surface area contributed by atoms with Crippen LogP contribution in [0.25, 0.3) is 0 Å². The first kappa shape index (κ1) is 34.3. The lowest BCUT2D eigenvalue weighted by Gasteiger charge is -2.45. The molecule has 0 saturated carbocycles. The van der Waals surface area contributed by atoms with Crippen molar-refractivity contribution in [2.45, 2.75) is 99.6 Å². The largest absolute Gasteiger partial charge is 0.394 e. The second-order valence-electron chi connectivity index (χ2n) is 9.48. The van der Waals surface area contributed by atoms with Gasteiger partial charge in [-0.3, -0.25) is 9.59 Å². The summed E-state index contributed by atoms with van der Waals surface area (Å²) >= 11 is 0. The molecule has 0 bridgehead atoms. The molecule has 2 fully saturated rings. The molecular formula is C22H38N2O16. The summed E-state index contributed by atoms with van der Waals surface area (Å²) in [6, 6.07) is -2.97. The smallest absolute Gasteiger partial charge is 0.217 e. The molecule has 11 N–H and O–H groups in total. The number of ether oxygens (including phenoxy) is 4. The van der Waals surface area contributed by atoms with Gasteiger partial charge in [0.2, 0.25) is 11.8 Å². The highest BCUT2D eigenvalue weighted by Crippen LogP contribution is 2.27. The molecule has 0 aliphatic carbocycles. The molecule has 0 aromatic carbocycles. The van der Waals surface area contributed by atoms with Crippen LogP contribution in [0.15, 0.2) is 0 Å². The van der Waals surface area contributed by atoms with Crippen LogP contribution in [0.4, 0.5) is 0 Å². The Morgan fingerprint density at radius 2 is 1.48 bits per heavy atom. The molecule has 40 heavy (non-hydrogen) atoms. The number of carbonyl (C=O) groups is 3. The number of aldehydes is 1. The van der Waals surface area contributed by atoms with E-state index in [2.05, 4.69) is 10.6 Å². The molecule has 18 heteroatoms. The van der Waals surface area contributed by atoms with Gasteiger partial charge in [0.1, 0.15) is 79.4 Å². The van der Waals surface area contributed by atoms with E-state index in [9.17, 15) is 60.3 Å². The second kappa shape index (κ2) is 15.4. The Bertz CT molecular complexity index is 837. The third kappa shape index (κ3) is 8.32. The Morgan fingerprint density at radius 1 is 0.875 bits per heavy atom. The molecule has 232 valence electrons. The predicted molar refractivity (Wildman–Crippen MR) is 126 cm³/mol. The maximum atomic E-state index is 11.6. The van der Waals surface area contributed by atoms with E-state index in [0.29, 0.717) is 0 Å². The Kier molecular flexibility index (Phi) is 13.2. The average molecular weight is 587 g/mol. The average Bonchev–Trinajstić information content (AvgIpc) is 2.91. The van der Waals surface area contributed by atoms with E-state index in [-0.39, 0.29) is 6.29 Å². The van der Waals surface area contributed by atoms with Crippen molar-refractivity contribution in [2.75, 3.05) is 19.8 Å². The van der Waals surface area contributed by atoms with Crippen LogP contribution in [-0.4, -0.2) is 170 Å². The van der Waals surface area contributed by atoms with Crippen LogP contribution in [0.5, 0.6) is 0 Å². The quantitative estimate of drug-likeness (QED) is 0.0893. The van der Waals surface area contributed by atoms with E-state index >= 15 is 0 Å². The first-order valence-corrected chi connectivity index (χ1v) is 12.3. The van der Waals surface area contributed by atoms with Crippen molar-refractivity contribution in [1.82, 2.24) is 10.6 Å². The molecule has 2 rings (SSSR count). The lowest BCUT2D eigenvalue weighted by atomic mass is 9.96. The van der Waals surface area contributed by atoms with E-state index < -0.39 is 117 Å². The summed E-state index contributed by atoms with van der Waals surface area (Å²) in [5.41, 5.74) is 0. The molecular weight excluding hydrogens is 548 g/mol. The third-order valence-electron chi connectivity index (χ3n) is 6.42. The van der Waals surface area contributed by atoms with Gasteiger partial charge in [0, 0.05) is 13.8 Å². The number of nitrogens with one attached hydrogen (secondary N) is 2. The Hall–Kier alpha value is -1.91. The van der Waals surface area contributed by atoms with Gasteiger partial charge in [-0.25, -0.2) is 0 Å². The zero-order valence-corrected chi connectivity index (χ0v) is 21.7. The van der Waals surface area contributed by atoms with E-state index in [1.807, 2.05) is 0 Å². The minimum atomic E-state index is -2.01. The molecule has 0 aromatic rings. The van der Waals surface area contributed by atoms with Crippen molar-refractivity contribution >= 4 is 18.1 Å². The van der Waals surface area contributed by atoms with Crippen LogP contribution in [0.3, 0.4) is 0 Å². The molecule has 2 saturated heterocycles. The van der Waals surface area contributed by atoms with Crippen LogP contribution in [0.2, 0.25) is 0 Å². The summed E-state index contributed by atoms with van der Waals surface area (Å²) in [4.78, 5) is 34.8. The number of rotatable bonds is 13. The first-order valence-electron chi connectivity index (χ1n) is 12.3. The molecule has 2 aliphatic rings. The normalized spacial score (nSPS) is 37.6. The number of carbonyl (C=O) groups excluding carboxylic acids is 3. The van der Waals surface area contributed by atoms with Gasteiger partial charge in [0.05, 0.1) is 19.8 Å². The highest BCUT2D eigenvalue weighted by molar-refractivity contribution is 5.77. The van der Waals surface area contributed by atoms with E-state index in [4.69, 9.17) is 18.9 Å². The van der Waals surface area contributed by atoms with Gasteiger partial charge in [0.25, 0.3) is 0 Å². The first-order chi connectivity index (χ1) is 18.8. The summed E-state index contributed by atoms with van der Waals surface area (Å²) in [5.74, 6) is -1.37. The van der Waals surface area contributed by atoms with Gasteiger partial charge >= 0.3 is 0 Å². The van der Waals surface area contributed by atoms with Crippen molar-refractivity contribution in [2.24, 2.45) is 0 Å². The fraction of sp³-hybridized carbons (Fsp3) is 0.864. The summed E-state index contributed by atoms with van der Waals surface area (Å²) < 4.78 is 21.9. The van der Waals surface area contributed by atoms with Gasteiger partial charge < -0.3 is 80.3 Å². The number of hydrogen-bond acceptors (Lipinski definition) is 16. The van der Waals surface area contributed by atoms with Gasteiger partial charge in [-0.2, -0.15) is 0 Å². The molecule has 0 unspecified atom stereocenters. The van der Waals surface area contributed by atoms with E-state index in [1.165, 1.54) is 0 Å². The molecule has 2 aliphatic heterocycles. The van der Waals surface area contributed by atoms with Gasteiger partial charge in [0.15, 0.2) is 12.6 Å². The molecule has 0 aromatic heterocycles. The van der Waals surface area contributed by atoms with Crippen LogP contribution in [0, 0.1) is 0 Å². The molecule has 2 amide bonds. The van der Waals surface area contributed by atoms with Crippen molar-refractivity contribution in [3.63, 3.8) is 0 Å². The fourth-order valence-electron chi connectivity index (χ4n) is 4.26. The Balaban J connectivity index is 2.24. The van der Waals surface area contributed by atoms with Crippen LogP contribution >= 0.6 is 0 Å². The summed E-state index contributed by atoms with van der Waals surface area (Å²) in [6.45, 7) is -0.217. The number of amides is 2. The monoisotopic (exact) mass is 586 g/mol. The zero-order chi connectivity index (χ0) is 30.3. The topological polar surface area (TPSA) is 294 Å². The standard InChI is InChI=1S/C22H38N2O16/c1-7(28)23-9(3-25)20(14(31)10(30)4-26)40-22-19(36)18(35)16(33)12(39-22)6-37-21-13(24-8(2)29)17(34)15(32)11(5-27)38-21/h3,9-22,26-27,30-36H,4-6H2,1-2H3,(H,23,28)(H,24,29)/t9-,10+,11+,12+,13+,14+,15+,16-,17+,18-,19+,20+,21+,22-/m0/s1. The molecule has 18 nitrogen and oxygen atoms in total. The van der Waals surface area contributed by atoms with Crippen LogP contribution < -0.4 is 10.6 Å². The highest BCUT2D eigenvalue weighted by atomic mass is 16.7. The molecule has 0 radical (unpaired) electrons. The van der Waals surface area contributed by atoms with Crippen molar-refractivity contribution < 1.29 is 79.3 Å². The Labute approximate surface area is 228 Å².